The predicted octanol–water partition coefficient (Wildman–Crippen LogP) is 3.20. The molecular formula is C19H26N4O. The topological polar surface area (TPSA) is 58.1 Å². The summed E-state index contributed by atoms with van der Waals surface area (Å²) in [5.74, 6) is 1.64. The van der Waals surface area contributed by atoms with Crippen molar-refractivity contribution >= 4 is 11.7 Å². The van der Waals surface area contributed by atoms with Crippen LogP contribution in [0.1, 0.15) is 42.6 Å². The van der Waals surface area contributed by atoms with E-state index in [4.69, 9.17) is 0 Å². The van der Waals surface area contributed by atoms with E-state index >= 15 is 0 Å². The largest absolute Gasteiger partial charge is 0.352 e. The summed E-state index contributed by atoms with van der Waals surface area (Å²) in [6.07, 6.45) is 0. The second-order valence-electron chi connectivity index (χ2n) is 6.26. The van der Waals surface area contributed by atoms with Gasteiger partial charge in [-0.1, -0.05) is 44.2 Å². The van der Waals surface area contributed by atoms with Crippen molar-refractivity contribution in [3.05, 3.63) is 53.5 Å². The van der Waals surface area contributed by atoms with Crippen LogP contribution in [0.3, 0.4) is 0 Å². The van der Waals surface area contributed by atoms with Crippen LogP contribution in [-0.4, -0.2) is 29.0 Å². The van der Waals surface area contributed by atoms with Gasteiger partial charge in [-0.15, -0.1) is 0 Å². The van der Waals surface area contributed by atoms with Gasteiger partial charge in [0.05, 0.1) is 0 Å². The molecule has 24 heavy (non-hydrogen) atoms. The molecule has 128 valence electrons. The molecule has 1 heterocycles. The average molecular weight is 326 g/mol. The number of nitrogens with one attached hydrogen (secondary N) is 1. The standard InChI is InChI=1S/C19H26N4O/c1-5-23(13-16-9-7-6-8-10-16)18-11-17(21-15(4)22-18)19(24)20-12-14(2)3/h6-11,14H,5,12-13H2,1-4H3,(H,20,24). The second-order valence-corrected chi connectivity index (χ2v) is 6.26. The lowest BCUT2D eigenvalue weighted by Gasteiger charge is -2.22. The summed E-state index contributed by atoms with van der Waals surface area (Å²) in [6, 6.07) is 12.0. The number of carbonyl (C=O) groups is 1. The lowest BCUT2D eigenvalue weighted by molar-refractivity contribution is 0.0943. The van der Waals surface area contributed by atoms with Crippen molar-refractivity contribution in [3.8, 4) is 0 Å². The van der Waals surface area contributed by atoms with E-state index in [1.807, 2.05) is 25.1 Å². The van der Waals surface area contributed by atoms with E-state index in [1.165, 1.54) is 5.56 Å². The van der Waals surface area contributed by atoms with Crippen molar-refractivity contribution in [1.82, 2.24) is 15.3 Å². The number of nitrogens with zero attached hydrogens (tertiary/aromatic N) is 3. The zero-order valence-corrected chi connectivity index (χ0v) is 14.9. The van der Waals surface area contributed by atoms with E-state index in [0.29, 0.717) is 24.0 Å². The van der Waals surface area contributed by atoms with Gasteiger partial charge in [-0.3, -0.25) is 4.79 Å². The van der Waals surface area contributed by atoms with E-state index in [-0.39, 0.29) is 5.91 Å². The van der Waals surface area contributed by atoms with Crippen molar-refractivity contribution in [2.75, 3.05) is 18.0 Å². The van der Waals surface area contributed by atoms with Crippen molar-refractivity contribution in [3.63, 3.8) is 0 Å². The first-order valence-corrected chi connectivity index (χ1v) is 8.42. The first kappa shape index (κ1) is 17.9. The molecule has 1 N–H and O–H groups in total. The minimum Gasteiger partial charge on any atom is -0.352 e. The summed E-state index contributed by atoms with van der Waals surface area (Å²) in [5.41, 5.74) is 1.63. The summed E-state index contributed by atoms with van der Waals surface area (Å²) >= 11 is 0. The van der Waals surface area contributed by atoms with Gasteiger partial charge in [-0.05, 0) is 25.3 Å². The van der Waals surface area contributed by atoms with E-state index in [2.05, 4.69) is 53.1 Å². The van der Waals surface area contributed by atoms with Gasteiger partial charge in [0, 0.05) is 25.7 Å². The van der Waals surface area contributed by atoms with Crippen LogP contribution in [0, 0.1) is 12.8 Å². The molecule has 1 aromatic carbocycles. The Balaban J connectivity index is 2.20. The predicted molar refractivity (Wildman–Crippen MR) is 97.1 cm³/mol. The maximum Gasteiger partial charge on any atom is 0.270 e. The van der Waals surface area contributed by atoms with E-state index in [0.717, 1.165) is 18.9 Å². The number of aromatic nitrogens is 2. The molecule has 0 spiro atoms. The first-order chi connectivity index (χ1) is 11.5. The van der Waals surface area contributed by atoms with Gasteiger partial charge >= 0.3 is 0 Å². The molecule has 1 aromatic heterocycles. The van der Waals surface area contributed by atoms with E-state index in [1.54, 1.807) is 6.07 Å². The highest BCUT2D eigenvalue weighted by molar-refractivity contribution is 5.92. The monoisotopic (exact) mass is 326 g/mol. The smallest absolute Gasteiger partial charge is 0.270 e. The van der Waals surface area contributed by atoms with Crippen LogP contribution >= 0.6 is 0 Å². The molecule has 5 nitrogen and oxygen atoms in total. The molecule has 0 aliphatic carbocycles. The molecule has 0 saturated heterocycles. The molecule has 5 heteroatoms. The number of hydrogen-bond donors (Lipinski definition) is 1. The lowest BCUT2D eigenvalue weighted by Crippen LogP contribution is -2.29. The Labute approximate surface area is 144 Å². The van der Waals surface area contributed by atoms with Gasteiger partial charge in [-0.2, -0.15) is 0 Å². The van der Waals surface area contributed by atoms with Crippen LogP contribution in [-0.2, 0) is 6.54 Å². The third kappa shape index (κ3) is 5.05. The average Bonchev–Trinajstić information content (AvgIpc) is 2.57. The summed E-state index contributed by atoms with van der Waals surface area (Å²) in [4.78, 5) is 23.2. The highest BCUT2D eigenvalue weighted by Gasteiger charge is 2.14. The Bertz CT molecular complexity index is 670. The third-order valence-corrected chi connectivity index (χ3v) is 3.65. The summed E-state index contributed by atoms with van der Waals surface area (Å²) in [7, 11) is 0. The highest BCUT2D eigenvalue weighted by Crippen LogP contribution is 2.16. The SMILES string of the molecule is CCN(Cc1ccccc1)c1cc(C(=O)NCC(C)C)nc(C)n1. The molecule has 1 amide bonds. The van der Waals surface area contributed by atoms with Crippen molar-refractivity contribution in [1.29, 1.82) is 0 Å². The van der Waals surface area contributed by atoms with Crippen molar-refractivity contribution in [2.45, 2.75) is 34.2 Å². The van der Waals surface area contributed by atoms with Gasteiger partial charge < -0.3 is 10.2 Å². The van der Waals surface area contributed by atoms with Gasteiger partial charge in [-0.25, -0.2) is 9.97 Å². The molecule has 0 radical (unpaired) electrons. The zero-order valence-electron chi connectivity index (χ0n) is 14.9. The number of anilines is 1. The number of hydrogen-bond acceptors (Lipinski definition) is 4. The highest BCUT2D eigenvalue weighted by atomic mass is 16.1. The molecule has 0 aliphatic heterocycles. The number of aryl methyl sites for hydroxylation is 1. The van der Waals surface area contributed by atoms with Crippen molar-refractivity contribution in [2.24, 2.45) is 5.92 Å². The molecule has 0 unspecified atom stereocenters. The van der Waals surface area contributed by atoms with Crippen LogP contribution < -0.4 is 10.2 Å². The van der Waals surface area contributed by atoms with Gasteiger partial charge in [0.15, 0.2) is 0 Å². The van der Waals surface area contributed by atoms with Crippen LogP contribution in [0.5, 0.6) is 0 Å². The fourth-order valence-electron chi connectivity index (χ4n) is 2.38. The molecule has 0 saturated carbocycles. The van der Waals surface area contributed by atoms with Gasteiger partial charge in [0.1, 0.15) is 17.3 Å². The normalized spacial score (nSPS) is 10.7. The van der Waals surface area contributed by atoms with E-state index in [9.17, 15) is 4.79 Å². The molecule has 2 aromatic rings. The lowest BCUT2D eigenvalue weighted by atomic mass is 10.2. The Hall–Kier alpha value is -2.43. The maximum absolute atomic E-state index is 12.3. The summed E-state index contributed by atoms with van der Waals surface area (Å²) in [6.45, 7) is 10.2. The van der Waals surface area contributed by atoms with E-state index < -0.39 is 0 Å². The van der Waals surface area contributed by atoms with Crippen LogP contribution in [0.25, 0.3) is 0 Å². The van der Waals surface area contributed by atoms with Gasteiger partial charge in [0.25, 0.3) is 5.91 Å². The Morgan fingerprint density at radius 3 is 2.54 bits per heavy atom. The Kier molecular flexibility index (Phi) is 6.29. The van der Waals surface area contributed by atoms with Crippen LogP contribution in [0.15, 0.2) is 36.4 Å². The second kappa shape index (κ2) is 8.43. The molecule has 0 bridgehead atoms. The van der Waals surface area contributed by atoms with Crippen LogP contribution in [0.2, 0.25) is 0 Å². The molecule has 0 atom stereocenters. The molecule has 0 aliphatic rings. The maximum atomic E-state index is 12.3. The van der Waals surface area contributed by atoms with Crippen LogP contribution in [0.4, 0.5) is 5.82 Å². The fraction of sp³-hybridized carbons (Fsp3) is 0.421. The molecule has 0 fully saturated rings. The molecule has 2 rings (SSSR count). The minimum absolute atomic E-state index is 0.147. The molecular weight excluding hydrogens is 300 g/mol. The number of rotatable bonds is 7. The third-order valence-electron chi connectivity index (χ3n) is 3.65. The fourth-order valence-corrected chi connectivity index (χ4v) is 2.38. The summed E-state index contributed by atoms with van der Waals surface area (Å²) in [5, 5.41) is 2.91. The minimum atomic E-state index is -0.147. The number of amides is 1. The number of carbonyl (C=O) groups excluding carboxylic acids is 1. The Morgan fingerprint density at radius 1 is 1.21 bits per heavy atom. The summed E-state index contributed by atoms with van der Waals surface area (Å²) < 4.78 is 0. The quantitative estimate of drug-likeness (QED) is 0.849. The zero-order chi connectivity index (χ0) is 17.5. The number of benzene rings is 1. The van der Waals surface area contributed by atoms with Gasteiger partial charge in [0.2, 0.25) is 0 Å². The van der Waals surface area contributed by atoms with Crippen molar-refractivity contribution < 1.29 is 4.79 Å². The first-order valence-electron chi connectivity index (χ1n) is 8.42. The Morgan fingerprint density at radius 2 is 1.92 bits per heavy atom.